The molecule has 26 heavy (non-hydrogen) atoms. The van der Waals surface area contributed by atoms with Crippen LogP contribution < -0.4 is 5.32 Å². The van der Waals surface area contributed by atoms with Crippen LogP contribution in [0.4, 0.5) is 5.69 Å². The van der Waals surface area contributed by atoms with Gasteiger partial charge in [0.2, 0.25) is 0 Å². The fourth-order valence-electron chi connectivity index (χ4n) is 2.20. The summed E-state index contributed by atoms with van der Waals surface area (Å²) in [4.78, 5) is 22.6. The number of nitrogens with zero attached hydrogens (tertiary/aromatic N) is 2. The van der Waals surface area contributed by atoms with Crippen molar-refractivity contribution >= 4 is 29.3 Å². The van der Waals surface area contributed by atoms with Crippen LogP contribution in [0.25, 0.3) is 17.4 Å². The number of carbonyl (C=O) groups excluding carboxylic acids is 1. The van der Waals surface area contributed by atoms with E-state index < -0.39 is 10.8 Å². The van der Waals surface area contributed by atoms with E-state index in [1.807, 2.05) is 13.0 Å². The Bertz CT molecular complexity index is 896. The lowest BCUT2D eigenvalue weighted by Gasteiger charge is -2.02. The standard InChI is InChI=1S/C18H16ClN3O4/c1-2-3-8-21-18(23)12(11-20)9-14-5-7-17(26-14)15-6-4-13(19)10-16(15)22(24)25/h4-7,9-10H,2-3,8H2,1H3,(H,21,23)/b12-9+. The van der Waals surface area contributed by atoms with Crippen LogP contribution >= 0.6 is 11.6 Å². The summed E-state index contributed by atoms with van der Waals surface area (Å²) >= 11 is 5.80. The first-order valence-electron chi connectivity index (χ1n) is 7.90. The first-order chi connectivity index (χ1) is 12.5. The van der Waals surface area contributed by atoms with Gasteiger partial charge >= 0.3 is 0 Å². The van der Waals surface area contributed by atoms with Gasteiger partial charge < -0.3 is 9.73 Å². The number of hydrogen-bond acceptors (Lipinski definition) is 5. The van der Waals surface area contributed by atoms with Gasteiger partial charge in [-0.3, -0.25) is 14.9 Å². The molecule has 0 radical (unpaired) electrons. The SMILES string of the molecule is CCCCNC(=O)/C(C#N)=C/c1ccc(-c2ccc(Cl)cc2[N+](=O)[O-])o1. The Morgan fingerprint density at radius 3 is 2.85 bits per heavy atom. The number of benzene rings is 1. The molecular formula is C18H16ClN3O4. The number of amides is 1. The van der Waals surface area contributed by atoms with Gasteiger partial charge in [-0.15, -0.1) is 0 Å². The van der Waals surface area contributed by atoms with Crippen molar-refractivity contribution in [2.75, 3.05) is 6.54 Å². The van der Waals surface area contributed by atoms with E-state index >= 15 is 0 Å². The van der Waals surface area contributed by atoms with Crippen molar-refractivity contribution in [3.63, 3.8) is 0 Å². The van der Waals surface area contributed by atoms with Crippen LogP contribution in [0.1, 0.15) is 25.5 Å². The zero-order valence-electron chi connectivity index (χ0n) is 14.0. The molecule has 0 spiro atoms. The number of halogens is 1. The lowest BCUT2D eigenvalue weighted by Crippen LogP contribution is -2.25. The minimum Gasteiger partial charge on any atom is -0.456 e. The van der Waals surface area contributed by atoms with Crippen LogP contribution in [0.15, 0.2) is 40.3 Å². The van der Waals surface area contributed by atoms with Gasteiger partial charge in [-0.1, -0.05) is 24.9 Å². The van der Waals surface area contributed by atoms with E-state index in [9.17, 15) is 14.9 Å². The number of furan rings is 1. The third-order valence-corrected chi connectivity index (χ3v) is 3.75. The van der Waals surface area contributed by atoms with E-state index in [4.69, 9.17) is 21.3 Å². The number of nitro groups is 1. The highest BCUT2D eigenvalue weighted by atomic mass is 35.5. The molecule has 7 nitrogen and oxygen atoms in total. The maximum absolute atomic E-state index is 12.0. The number of nitro benzene ring substituents is 1. The molecule has 2 rings (SSSR count). The number of nitrogens with one attached hydrogen (secondary N) is 1. The maximum Gasteiger partial charge on any atom is 0.281 e. The predicted octanol–water partition coefficient (Wildman–Crippen LogP) is 4.33. The molecule has 1 aromatic carbocycles. The highest BCUT2D eigenvalue weighted by molar-refractivity contribution is 6.30. The Kier molecular flexibility index (Phi) is 6.53. The van der Waals surface area contributed by atoms with E-state index in [0.717, 1.165) is 12.8 Å². The molecule has 0 aliphatic heterocycles. The molecule has 0 saturated carbocycles. The second kappa shape index (κ2) is 8.83. The third kappa shape index (κ3) is 4.71. The first kappa shape index (κ1) is 19.2. The Morgan fingerprint density at radius 2 is 2.19 bits per heavy atom. The molecule has 0 aliphatic rings. The molecule has 1 heterocycles. The normalized spacial score (nSPS) is 11.0. The Labute approximate surface area is 155 Å². The fourth-order valence-corrected chi connectivity index (χ4v) is 2.37. The first-order valence-corrected chi connectivity index (χ1v) is 8.28. The van der Waals surface area contributed by atoms with E-state index in [1.165, 1.54) is 36.4 Å². The topological polar surface area (TPSA) is 109 Å². The maximum atomic E-state index is 12.0. The van der Waals surface area contributed by atoms with Crippen LogP contribution in [0, 0.1) is 21.4 Å². The number of unbranched alkanes of at least 4 members (excludes halogenated alkanes) is 1. The zero-order valence-corrected chi connectivity index (χ0v) is 14.7. The summed E-state index contributed by atoms with van der Waals surface area (Å²) in [5.74, 6) is -0.00823. The van der Waals surface area contributed by atoms with Crippen molar-refractivity contribution in [2.24, 2.45) is 0 Å². The van der Waals surface area contributed by atoms with Crippen molar-refractivity contribution in [1.29, 1.82) is 5.26 Å². The van der Waals surface area contributed by atoms with E-state index in [2.05, 4.69) is 5.32 Å². The highest BCUT2D eigenvalue weighted by Crippen LogP contribution is 2.33. The average Bonchev–Trinajstić information content (AvgIpc) is 3.08. The van der Waals surface area contributed by atoms with Crippen molar-refractivity contribution < 1.29 is 14.1 Å². The lowest BCUT2D eigenvalue weighted by molar-refractivity contribution is -0.384. The van der Waals surface area contributed by atoms with Gasteiger partial charge in [0.05, 0.1) is 10.5 Å². The van der Waals surface area contributed by atoms with Crippen LogP contribution in [0.2, 0.25) is 5.02 Å². The highest BCUT2D eigenvalue weighted by Gasteiger charge is 2.19. The van der Waals surface area contributed by atoms with Crippen molar-refractivity contribution in [3.05, 3.63) is 56.8 Å². The van der Waals surface area contributed by atoms with Gasteiger partial charge in [0.15, 0.2) is 0 Å². The van der Waals surface area contributed by atoms with Crippen molar-refractivity contribution in [3.8, 4) is 17.4 Å². The second-order valence-corrected chi connectivity index (χ2v) is 5.84. The molecule has 1 N–H and O–H groups in total. The molecule has 0 saturated heterocycles. The van der Waals surface area contributed by atoms with Gasteiger partial charge in [0.1, 0.15) is 23.2 Å². The zero-order chi connectivity index (χ0) is 19.1. The second-order valence-electron chi connectivity index (χ2n) is 5.40. The molecule has 8 heteroatoms. The monoisotopic (exact) mass is 373 g/mol. The Morgan fingerprint density at radius 1 is 1.42 bits per heavy atom. The quantitative estimate of drug-likeness (QED) is 0.255. The van der Waals surface area contributed by atoms with Crippen LogP contribution in [-0.4, -0.2) is 17.4 Å². The third-order valence-electron chi connectivity index (χ3n) is 3.52. The summed E-state index contributed by atoms with van der Waals surface area (Å²) in [6.07, 6.45) is 3.04. The van der Waals surface area contributed by atoms with Gasteiger partial charge in [-0.2, -0.15) is 5.26 Å². The number of rotatable bonds is 7. The van der Waals surface area contributed by atoms with Crippen LogP contribution in [-0.2, 0) is 4.79 Å². The molecule has 134 valence electrons. The average molecular weight is 374 g/mol. The molecule has 0 bridgehead atoms. The van der Waals surface area contributed by atoms with Crippen LogP contribution in [0.3, 0.4) is 0 Å². The minimum atomic E-state index is -0.554. The molecule has 1 amide bonds. The predicted molar refractivity (Wildman–Crippen MR) is 97.3 cm³/mol. The number of hydrogen-bond donors (Lipinski definition) is 1. The van der Waals surface area contributed by atoms with Gasteiger partial charge in [0, 0.05) is 23.7 Å². The Hall–Kier alpha value is -3.11. The largest absolute Gasteiger partial charge is 0.456 e. The van der Waals surface area contributed by atoms with E-state index in [1.54, 1.807) is 0 Å². The van der Waals surface area contributed by atoms with Gasteiger partial charge in [0.25, 0.3) is 11.6 Å². The van der Waals surface area contributed by atoms with Crippen LogP contribution in [0.5, 0.6) is 0 Å². The summed E-state index contributed by atoms with van der Waals surface area (Å²) in [7, 11) is 0. The van der Waals surface area contributed by atoms with Crippen molar-refractivity contribution in [2.45, 2.75) is 19.8 Å². The van der Waals surface area contributed by atoms with Gasteiger partial charge in [-0.05, 0) is 30.7 Å². The number of carbonyl (C=O) groups is 1. The number of nitriles is 1. The molecule has 0 aliphatic carbocycles. The molecule has 1 aromatic heterocycles. The summed E-state index contributed by atoms with van der Waals surface area (Å²) in [5.41, 5.74) is -0.0437. The molecule has 0 fully saturated rings. The summed E-state index contributed by atoms with van der Waals surface area (Å²) in [6.45, 7) is 2.47. The lowest BCUT2D eigenvalue weighted by atomic mass is 10.1. The van der Waals surface area contributed by atoms with E-state index in [0.29, 0.717) is 6.54 Å². The molecule has 0 atom stereocenters. The van der Waals surface area contributed by atoms with Gasteiger partial charge in [-0.25, -0.2) is 0 Å². The molecular weight excluding hydrogens is 358 g/mol. The summed E-state index contributed by atoms with van der Waals surface area (Å²) < 4.78 is 5.55. The minimum absolute atomic E-state index is 0.104. The summed E-state index contributed by atoms with van der Waals surface area (Å²) in [5, 5.41) is 23.2. The van der Waals surface area contributed by atoms with E-state index in [-0.39, 0.29) is 33.4 Å². The Balaban J connectivity index is 2.28. The molecule has 0 unspecified atom stereocenters. The smallest absolute Gasteiger partial charge is 0.281 e. The summed E-state index contributed by atoms with van der Waals surface area (Å²) in [6, 6.07) is 9.12. The fraction of sp³-hybridized carbons (Fsp3) is 0.222. The molecule has 2 aromatic rings. The van der Waals surface area contributed by atoms with Crippen molar-refractivity contribution in [1.82, 2.24) is 5.32 Å².